The van der Waals surface area contributed by atoms with Crippen molar-refractivity contribution < 1.29 is 17.5 Å². The molecule has 0 saturated heterocycles. The van der Waals surface area contributed by atoms with E-state index < -0.39 is 15.8 Å². The smallest absolute Gasteiger partial charge is 0.262 e. The van der Waals surface area contributed by atoms with E-state index in [9.17, 15) is 12.8 Å². The van der Waals surface area contributed by atoms with Crippen LogP contribution < -0.4 is 9.46 Å². The van der Waals surface area contributed by atoms with E-state index >= 15 is 0 Å². The van der Waals surface area contributed by atoms with Gasteiger partial charge >= 0.3 is 0 Å². The molecule has 0 aliphatic rings. The van der Waals surface area contributed by atoms with Crippen molar-refractivity contribution in [1.82, 2.24) is 0 Å². The first-order valence-corrected chi connectivity index (χ1v) is 7.75. The van der Waals surface area contributed by atoms with E-state index in [0.29, 0.717) is 5.56 Å². The molecule has 2 rings (SSSR count). The Morgan fingerprint density at radius 1 is 1.10 bits per heavy atom. The van der Waals surface area contributed by atoms with Gasteiger partial charge in [-0.25, -0.2) is 12.8 Å². The minimum atomic E-state index is -3.79. The zero-order chi connectivity index (χ0) is 15.6. The highest BCUT2D eigenvalue weighted by molar-refractivity contribution is 7.92. The first kappa shape index (κ1) is 15.3. The summed E-state index contributed by atoms with van der Waals surface area (Å²) in [6.45, 7) is 3.44. The van der Waals surface area contributed by atoms with Crippen LogP contribution in [0.5, 0.6) is 5.75 Å². The van der Waals surface area contributed by atoms with Crippen molar-refractivity contribution in [3.05, 3.63) is 53.3 Å². The van der Waals surface area contributed by atoms with Crippen LogP contribution in [0.4, 0.5) is 10.1 Å². The second-order valence-corrected chi connectivity index (χ2v) is 6.40. The number of rotatable bonds is 4. The highest BCUT2D eigenvalue weighted by Crippen LogP contribution is 2.29. The molecule has 0 aromatic heterocycles. The van der Waals surface area contributed by atoms with E-state index in [2.05, 4.69) is 4.72 Å². The van der Waals surface area contributed by atoms with Gasteiger partial charge in [0.2, 0.25) is 0 Å². The normalized spacial score (nSPS) is 11.2. The molecule has 0 saturated carbocycles. The number of anilines is 1. The van der Waals surface area contributed by atoms with Gasteiger partial charge in [-0.05, 0) is 37.6 Å². The van der Waals surface area contributed by atoms with Gasteiger partial charge in [0.25, 0.3) is 10.0 Å². The summed E-state index contributed by atoms with van der Waals surface area (Å²) in [7, 11) is -2.39. The molecule has 0 atom stereocenters. The third-order valence-corrected chi connectivity index (χ3v) is 4.44. The Balaban J connectivity index is 2.41. The lowest BCUT2D eigenvalue weighted by molar-refractivity contribution is 0.415. The van der Waals surface area contributed by atoms with Crippen LogP contribution in [0.25, 0.3) is 0 Å². The molecule has 0 amide bonds. The standard InChI is InChI=1S/C15H16FNO3S/c1-10-4-6-12(7-5-10)21(18,19)17-14-9-13(16)11(2)8-15(14)20-3/h4-9,17H,1-3H3. The van der Waals surface area contributed by atoms with Crippen LogP contribution in [0.3, 0.4) is 0 Å². The molecule has 2 aromatic carbocycles. The second kappa shape index (κ2) is 5.73. The van der Waals surface area contributed by atoms with Crippen LogP contribution in [-0.4, -0.2) is 15.5 Å². The van der Waals surface area contributed by atoms with Crippen LogP contribution in [0.1, 0.15) is 11.1 Å². The van der Waals surface area contributed by atoms with Gasteiger partial charge in [-0.15, -0.1) is 0 Å². The van der Waals surface area contributed by atoms with Gasteiger partial charge < -0.3 is 4.74 Å². The van der Waals surface area contributed by atoms with Crippen LogP contribution in [0.2, 0.25) is 0 Å². The quantitative estimate of drug-likeness (QED) is 0.943. The zero-order valence-corrected chi connectivity index (χ0v) is 12.8. The second-order valence-electron chi connectivity index (χ2n) is 4.72. The number of ether oxygens (including phenoxy) is 1. The fourth-order valence-corrected chi connectivity index (χ4v) is 2.89. The topological polar surface area (TPSA) is 55.4 Å². The highest BCUT2D eigenvalue weighted by atomic mass is 32.2. The molecular weight excluding hydrogens is 293 g/mol. The Hall–Kier alpha value is -2.08. The molecule has 1 N–H and O–H groups in total. The predicted octanol–water partition coefficient (Wildman–Crippen LogP) is 3.25. The van der Waals surface area contributed by atoms with Gasteiger partial charge in [-0.1, -0.05) is 17.7 Å². The number of halogens is 1. The lowest BCUT2D eigenvalue weighted by Crippen LogP contribution is -2.14. The van der Waals surface area contributed by atoms with Gasteiger partial charge in [0.15, 0.2) is 0 Å². The Morgan fingerprint density at radius 2 is 1.71 bits per heavy atom. The fraction of sp³-hybridized carbons (Fsp3) is 0.200. The van der Waals surface area contributed by atoms with Crippen molar-refractivity contribution in [3.8, 4) is 5.75 Å². The summed E-state index contributed by atoms with van der Waals surface area (Å²) in [5.41, 5.74) is 1.40. The summed E-state index contributed by atoms with van der Waals surface area (Å²) in [5.74, 6) is -0.234. The summed E-state index contributed by atoms with van der Waals surface area (Å²) < 4.78 is 45.6. The van der Waals surface area contributed by atoms with Gasteiger partial charge in [0.05, 0.1) is 17.7 Å². The third kappa shape index (κ3) is 3.33. The fourth-order valence-electron chi connectivity index (χ4n) is 1.82. The van der Waals surface area contributed by atoms with Crippen molar-refractivity contribution in [2.45, 2.75) is 18.7 Å². The van der Waals surface area contributed by atoms with Crippen LogP contribution in [0.15, 0.2) is 41.3 Å². The number of nitrogens with one attached hydrogen (secondary N) is 1. The maximum atomic E-state index is 13.6. The van der Waals surface area contributed by atoms with E-state index in [1.807, 2.05) is 6.92 Å². The lowest BCUT2D eigenvalue weighted by atomic mass is 10.2. The summed E-state index contributed by atoms with van der Waals surface area (Å²) in [6, 6.07) is 8.94. The third-order valence-electron chi connectivity index (χ3n) is 3.06. The Labute approximate surface area is 123 Å². The largest absolute Gasteiger partial charge is 0.495 e. The molecule has 21 heavy (non-hydrogen) atoms. The molecule has 0 aliphatic carbocycles. The lowest BCUT2D eigenvalue weighted by Gasteiger charge is -2.13. The van der Waals surface area contributed by atoms with E-state index in [4.69, 9.17) is 4.74 Å². The molecule has 6 heteroatoms. The van der Waals surface area contributed by atoms with Gasteiger partial charge in [0.1, 0.15) is 11.6 Å². The number of hydrogen-bond donors (Lipinski definition) is 1. The molecule has 0 bridgehead atoms. The summed E-state index contributed by atoms with van der Waals surface area (Å²) >= 11 is 0. The van der Waals surface area contributed by atoms with Gasteiger partial charge in [-0.3, -0.25) is 4.72 Å². The van der Waals surface area contributed by atoms with Gasteiger partial charge in [0, 0.05) is 6.07 Å². The first-order valence-electron chi connectivity index (χ1n) is 6.27. The molecule has 0 spiro atoms. The molecule has 0 unspecified atom stereocenters. The summed E-state index contributed by atoms with van der Waals surface area (Å²) in [6.07, 6.45) is 0. The number of sulfonamides is 1. The van der Waals surface area contributed by atoms with E-state index in [1.54, 1.807) is 19.1 Å². The van der Waals surface area contributed by atoms with E-state index in [-0.39, 0.29) is 16.3 Å². The maximum Gasteiger partial charge on any atom is 0.262 e. The van der Waals surface area contributed by atoms with Crippen LogP contribution in [0, 0.1) is 19.7 Å². The number of methoxy groups -OCH3 is 1. The maximum absolute atomic E-state index is 13.6. The molecule has 0 radical (unpaired) electrons. The highest BCUT2D eigenvalue weighted by Gasteiger charge is 2.17. The summed E-state index contributed by atoms with van der Waals surface area (Å²) in [4.78, 5) is 0.108. The summed E-state index contributed by atoms with van der Waals surface area (Å²) in [5, 5.41) is 0. The van der Waals surface area contributed by atoms with Crippen molar-refractivity contribution in [1.29, 1.82) is 0 Å². The van der Waals surface area contributed by atoms with Crippen molar-refractivity contribution in [3.63, 3.8) is 0 Å². The van der Waals surface area contributed by atoms with Crippen LogP contribution in [-0.2, 0) is 10.0 Å². The molecule has 0 aliphatic heterocycles. The minimum Gasteiger partial charge on any atom is -0.495 e. The minimum absolute atomic E-state index is 0.0705. The van der Waals surface area contributed by atoms with E-state index in [1.165, 1.54) is 25.3 Å². The number of benzene rings is 2. The number of aryl methyl sites for hydroxylation is 2. The van der Waals surface area contributed by atoms with Crippen molar-refractivity contribution in [2.75, 3.05) is 11.8 Å². The molecule has 2 aromatic rings. The first-order chi connectivity index (χ1) is 9.83. The van der Waals surface area contributed by atoms with Crippen LogP contribution >= 0.6 is 0 Å². The average molecular weight is 309 g/mol. The van der Waals surface area contributed by atoms with Gasteiger partial charge in [-0.2, -0.15) is 0 Å². The Kier molecular flexibility index (Phi) is 4.18. The number of hydrogen-bond acceptors (Lipinski definition) is 3. The Bertz CT molecular complexity index is 755. The molecule has 0 fully saturated rings. The predicted molar refractivity (Wildman–Crippen MR) is 79.7 cm³/mol. The molecular formula is C15H16FNO3S. The average Bonchev–Trinajstić information content (AvgIpc) is 2.42. The monoisotopic (exact) mass is 309 g/mol. The molecule has 0 heterocycles. The molecule has 4 nitrogen and oxygen atoms in total. The van der Waals surface area contributed by atoms with E-state index in [0.717, 1.165) is 11.6 Å². The Morgan fingerprint density at radius 3 is 2.29 bits per heavy atom. The SMILES string of the molecule is COc1cc(C)c(F)cc1NS(=O)(=O)c1ccc(C)cc1. The van der Waals surface area contributed by atoms with Crippen molar-refractivity contribution in [2.24, 2.45) is 0 Å². The van der Waals surface area contributed by atoms with Crippen molar-refractivity contribution >= 4 is 15.7 Å². The zero-order valence-electron chi connectivity index (χ0n) is 12.0. The molecule has 112 valence electrons.